The second-order valence-electron chi connectivity index (χ2n) is 4.87. The fourth-order valence-electron chi connectivity index (χ4n) is 2.36. The number of nitrogens with zero attached hydrogens (tertiary/aromatic N) is 2. The summed E-state index contributed by atoms with van der Waals surface area (Å²) in [5.74, 6) is 0. The van der Waals surface area contributed by atoms with E-state index in [1.165, 1.54) is 0 Å². The van der Waals surface area contributed by atoms with Gasteiger partial charge in [-0.3, -0.25) is 9.48 Å². The average molecular weight is 354 g/mol. The van der Waals surface area contributed by atoms with Gasteiger partial charge in [-0.2, -0.15) is 0 Å². The largest absolute Gasteiger partial charge is 0.393 e. The maximum absolute atomic E-state index is 12.4. The van der Waals surface area contributed by atoms with Crippen molar-refractivity contribution < 1.29 is 4.74 Å². The highest BCUT2D eigenvalue weighted by molar-refractivity contribution is 9.10. The summed E-state index contributed by atoms with van der Waals surface area (Å²) in [7, 11) is 1.60. The normalized spacial score (nSPS) is 11.0. The lowest BCUT2D eigenvalue weighted by molar-refractivity contribution is 0.175. The number of hydrogen-bond donors (Lipinski definition) is 1. The number of methoxy groups -OCH3 is 1. The van der Waals surface area contributed by atoms with Gasteiger partial charge in [-0.15, -0.1) is 0 Å². The van der Waals surface area contributed by atoms with Crippen LogP contribution in [0, 0.1) is 0 Å². The Morgan fingerprint density at radius 1 is 1.29 bits per heavy atom. The molecule has 1 heterocycles. The molecule has 0 fully saturated rings. The van der Waals surface area contributed by atoms with Crippen LogP contribution >= 0.6 is 15.9 Å². The Morgan fingerprint density at radius 2 is 2.00 bits per heavy atom. The molecule has 114 valence electrons. The summed E-state index contributed by atoms with van der Waals surface area (Å²) in [4.78, 5) is 12.4. The van der Waals surface area contributed by atoms with Crippen LogP contribution in [0.5, 0.6) is 0 Å². The molecule has 2 N–H and O–H groups in total. The van der Waals surface area contributed by atoms with Crippen molar-refractivity contribution in [3.8, 4) is 0 Å². The molecule has 0 amide bonds. The monoisotopic (exact) mass is 353 g/mol. The zero-order valence-corrected chi connectivity index (χ0v) is 13.9. The highest BCUT2D eigenvalue weighted by Gasteiger charge is 2.17. The standard InChI is InChI=1S/C15H20BrN3O2/c1-3-8-18-13(10-21-2)14(17)15(20)19(18)9-11-6-4-5-7-12(11)16/h4-7H,3,8-10,17H2,1-2H3. The Kier molecular flexibility index (Phi) is 5.25. The molecule has 6 heteroatoms. The Hall–Kier alpha value is -1.53. The average Bonchev–Trinajstić information content (AvgIpc) is 2.68. The fourth-order valence-corrected chi connectivity index (χ4v) is 2.77. The van der Waals surface area contributed by atoms with Crippen LogP contribution in [0.4, 0.5) is 5.69 Å². The van der Waals surface area contributed by atoms with Crippen LogP contribution < -0.4 is 11.3 Å². The Morgan fingerprint density at radius 3 is 2.62 bits per heavy atom. The molecule has 0 saturated heterocycles. The van der Waals surface area contributed by atoms with E-state index in [0.29, 0.717) is 13.2 Å². The van der Waals surface area contributed by atoms with Gasteiger partial charge in [0.25, 0.3) is 5.56 Å². The van der Waals surface area contributed by atoms with E-state index >= 15 is 0 Å². The van der Waals surface area contributed by atoms with E-state index in [1.807, 2.05) is 28.9 Å². The summed E-state index contributed by atoms with van der Waals surface area (Å²) in [5.41, 5.74) is 7.87. The van der Waals surface area contributed by atoms with Gasteiger partial charge >= 0.3 is 0 Å². The summed E-state index contributed by atoms with van der Waals surface area (Å²) >= 11 is 3.52. The van der Waals surface area contributed by atoms with Crippen LogP contribution in [-0.4, -0.2) is 16.5 Å². The van der Waals surface area contributed by atoms with Gasteiger partial charge in [-0.05, 0) is 18.1 Å². The summed E-state index contributed by atoms with van der Waals surface area (Å²) in [6.07, 6.45) is 0.917. The van der Waals surface area contributed by atoms with Gasteiger partial charge in [0.1, 0.15) is 5.69 Å². The molecule has 1 aromatic carbocycles. The molecule has 0 radical (unpaired) electrons. The summed E-state index contributed by atoms with van der Waals surface area (Å²) in [6, 6.07) is 7.86. The third-order valence-corrected chi connectivity index (χ3v) is 4.15. The first-order chi connectivity index (χ1) is 10.1. The third-order valence-electron chi connectivity index (χ3n) is 3.37. The molecule has 0 saturated carbocycles. The van der Waals surface area contributed by atoms with Crippen LogP contribution in [-0.2, 0) is 24.4 Å². The topological polar surface area (TPSA) is 62.2 Å². The molecule has 2 aromatic rings. The summed E-state index contributed by atoms with van der Waals surface area (Å²) in [6.45, 7) is 3.62. The number of nitrogen functional groups attached to an aromatic ring is 1. The van der Waals surface area contributed by atoms with Crippen LogP contribution in [0.15, 0.2) is 33.5 Å². The number of aromatic nitrogens is 2. The predicted molar refractivity (Wildman–Crippen MR) is 87.4 cm³/mol. The molecule has 0 spiro atoms. The van der Waals surface area contributed by atoms with Crippen LogP contribution in [0.2, 0.25) is 0 Å². The van der Waals surface area contributed by atoms with Crippen LogP contribution in [0.1, 0.15) is 24.6 Å². The van der Waals surface area contributed by atoms with Gasteiger partial charge in [0.2, 0.25) is 0 Å². The molecule has 0 atom stereocenters. The van der Waals surface area contributed by atoms with E-state index in [-0.39, 0.29) is 11.2 Å². The zero-order chi connectivity index (χ0) is 15.4. The molecule has 1 aromatic heterocycles. The molecule has 0 bridgehead atoms. The number of halogens is 1. The Labute approximate surface area is 132 Å². The molecule has 0 aliphatic rings. The van der Waals surface area contributed by atoms with Crippen molar-refractivity contribution in [3.63, 3.8) is 0 Å². The minimum atomic E-state index is -0.161. The van der Waals surface area contributed by atoms with Crippen molar-refractivity contribution in [1.29, 1.82) is 0 Å². The van der Waals surface area contributed by atoms with Gasteiger partial charge in [0.05, 0.1) is 18.8 Å². The maximum Gasteiger partial charge on any atom is 0.290 e. The lowest BCUT2D eigenvalue weighted by Crippen LogP contribution is -2.25. The number of hydrogen-bond acceptors (Lipinski definition) is 3. The number of anilines is 1. The molecule has 0 aliphatic carbocycles. The molecule has 21 heavy (non-hydrogen) atoms. The minimum absolute atomic E-state index is 0.161. The van der Waals surface area contributed by atoms with Crippen LogP contribution in [0.3, 0.4) is 0 Å². The fraction of sp³-hybridized carbons (Fsp3) is 0.400. The highest BCUT2D eigenvalue weighted by atomic mass is 79.9. The van der Waals surface area contributed by atoms with E-state index in [0.717, 1.165) is 28.7 Å². The molecule has 0 aliphatic heterocycles. The van der Waals surface area contributed by atoms with Gasteiger partial charge in [0.15, 0.2) is 0 Å². The van der Waals surface area contributed by atoms with Crippen molar-refractivity contribution in [2.75, 3.05) is 12.8 Å². The van der Waals surface area contributed by atoms with Gasteiger partial charge in [-0.1, -0.05) is 41.1 Å². The van der Waals surface area contributed by atoms with Crippen molar-refractivity contribution in [3.05, 3.63) is 50.3 Å². The highest BCUT2D eigenvalue weighted by Crippen LogP contribution is 2.18. The maximum atomic E-state index is 12.4. The number of rotatable bonds is 6. The lowest BCUT2D eigenvalue weighted by atomic mass is 10.2. The van der Waals surface area contributed by atoms with Crippen molar-refractivity contribution in [2.45, 2.75) is 33.0 Å². The first-order valence-electron chi connectivity index (χ1n) is 6.90. The molecular weight excluding hydrogens is 334 g/mol. The summed E-state index contributed by atoms with van der Waals surface area (Å²) in [5, 5.41) is 0. The van der Waals surface area contributed by atoms with Crippen molar-refractivity contribution in [2.24, 2.45) is 0 Å². The minimum Gasteiger partial charge on any atom is -0.393 e. The Bertz CT molecular complexity index is 676. The van der Waals surface area contributed by atoms with Gasteiger partial charge < -0.3 is 10.5 Å². The van der Waals surface area contributed by atoms with Gasteiger partial charge in [0, 0.05) is 18.1 Å². The molecule has 5 nitrogen and oxygen atoms in total. The van der Waals surface area contributed by atoms with Crippen molar-refractivity contribution in [1.82, 2.24) is 9.36 Å². The van der Waals surface area contributed by atoms with E-state index in [2.05, 4.69) is 22.9 Å². The quantitative estimate of drug-likeness (QED) is 0.867. The molecule has 0 unspecified atom stereocenters. The molecule has 2 rings (SSSR count). The molecular formula is C15H20BrN3O2. The van der Waals surface area contributed by atoms with E-state index in [1.54, 1.807) is 11.8 Å². The SMILES string of the molecule is CCCn1c(COC)c(N)c(=O)n1Cc1ccccc1Br. The second kappa shape index (κ2) is 6.95. The Balaban J connectivity index is 2.50. The number of nitrogens with two attached hydrogens (primary N) is 1. The van der Waals surface area contributed by atoms with Crippen LogP contribution in [0.25, 0.3) is 0 Å². The predicted octanol–water partition coefficient (Wildman–Crippen LogP) is 2.60. The lowest BCUT2D eigenvalue weighted by Gasteiger charge is -2.14. The zero-order valence-electron chi connectivity index (χ0n) is 12.3. The smallest absolute Gasteiger partial charge is 0.290 e. The first-order valence-corrected chi connectivity index (χ1v) is 7.69. The first kappa shape index (κ1) is 15.9. The van der Waals surface area contributed by atoms with E-state index < -0.39 is 0 Å². The third kappa shape index (κ3) is 3.22. The number of ether oxygens (including phenoxy) is 1. The summed E-state index contributed by atoms with van der Waals surface area (Å²) < 4.78 is 9.77. The van der Waals surface area contributed by atoms with Crippen molar-refractivity contribution >= 4 is 21.6 Å². The number of benzene rings is 1. The van der Waals surface area contributed by atoms with Gasteiger partial charge in [-0.25, -0.2) is 4.68 Å². The van der Waals surface area contributed by atoms with E-state index in [9.17, 15) is 4.79 Å². The van der Waals surface area contributed by atoms with E-state index in [4.69, 9.17) is 10.5 Å². The second-order valence-corrected chi connectivity index (χ2v) is 5.73.